The second-order valence-electron chi connectivity index (χ2n) is 2.96. The molecule has 0 fully saturated rings. The van der Waals surface area contributed by atoms with E-state index in [9.17, 15) is 4.79 Å². The van der Waals surface area contributed by atoms with E-state index in [1.807, 2.05) is 13.0 Å². The predicted octanol–water partition coefficient (Wildman–Crippen LogP) is 1.14. The monoisotopic (exact) mass is 187 g/mol. The van der Waals surface area contributed by atoms with Gasteiger partial charge in [0.25, 0.3) is 0 Å². The molecule has 0 bridgehead atoms. The van der Waals surface area contributed by atoms with Crippen LogP contribution in [0.1, 0.15) is 5.82 Å². The Labute approximate surface area is 80.7 Å². The van der Waals surface area contributed by atoms with E-state index in [1.54, 1.807) is 18.6 Å². The summed E-state index contributed by atoms with van der Waals surface area (Å²) in [7, 11) is 0. The molecule has 0 aliphatic heterocycles. The molecule has 14 heavy (non-hydrogen) atoms. The molecule has 0 atom stereocenters. The van der Waals surface area contributed by atoms with Crippen molar-refractivity contribution >= 4 is 0 Å². The van der Waals surface area contributed by atoms with Gasteiger partial charge in [-0.25, -0.2) is 9.97 Å². The summed E-state index contributed by atoms with van der Waals surface area (Å²) >= 11 is 0. The molecule has 2 heterocycles. The van der Waals surface area contributed by atoms with Gasteiger partial charge in [0.15, 0.2) is 0 Å². The maximum atomic E-state index is 11.0. The Balaban J connectivity index is 2.50. The SMILES string of the molecule is Cc1ncc(-c2cc[nH]c(=O)c2)cn1. The molecule has 4 heteroatoms. The normalized spacial score (nSPS) is 10.1. The van der Waals surface area contributed by atoms with Gasteiger partial charge in [-0.3, -0.25) is 4.79 Å². The number of nitrogens with zero attached hydrogens (tertiary/aromatic N) is 2. The molecule has 0 spiro atoms. The van der Waals surface area contributed by atoms with E-state index < -0.39 is 0 Å². The lowest BCUT2D eigenvalue weighted by Gasteiger charge is -1.98. The molecule has 4 nitrogen and oxygen atoms in total. The lowest BCUT2D eigenvalue weighted by atomic mass is 10.1. The van der Waals surface area contributed by atoms with Crippen LogP contribution in [-0.2, 0) is 0 Å². The number of rotatable bonds is 1. The summed E-state index contributed by atoms with van der Waals surface area (Å²) in [4.78, 5) is 21.7. The summed E-state index contributed by atoms with van der Waals surface area (Å²) in [5.74, 6) is 0.721. The molecule has 0 unspecified atom stereocenters. The van der Waals surface area contributed by atoms with E-state index in [4.69, 9.17) is 0 Å². The Morgan fingerprint density at radius 2 is 1.93 bits per heavy atom. The molecule has 2 aromatic rings. The first-order chi connectivity index (χ1) is 6.75. The van der Waals surface area contributed by atoms with E-state index in [-0.39, 0.29) is 5.56 Å². The van der Waals surface area contributed by atoms with E-state index in [1.165, 1.54) is 6.07 Å². The summed E-state index contributed by atoms with van der Waals surface area (Å²) in [5.41, 5.74) is 1.55. The Bertz CT molecular complexity index is 487. The minimum atomic E-state index is -0.122. The number of aromatic nitrogens is 3. The van der Waals surface area contributed by atoms with Crippen LogP contribution in [0.4, 0.5) is 0 Å². The van der Waals surface area contributed by atoms with E-state index in [0.717, 1.165) is 17.0 Å². The third-order valence-electron chi connectivity index (χ3n) is 1.89. The number of aromatic amines is 1. The van der Waals surface area contributed by atoms with Gasteiger partial charge in [-0.15, -0.1) is 0 Å². The summed E-state index contributed by atoms with van der Waals surface area (Å²) in [6.07, 6.45) is 5.02. The van der Waals surface area contributed by atoms with Gasteiger partial charge in [-0.05, 0) is 18.6 Å². The highest BCUT2D eigenvalue weighted by Gasteiger charge is 1.98. The number of hydrogen-bond donors (Lipinski definition) is 1. The van der Waals surface area contributed by atoms with Crippen LogP contribution >= 0.6 is 0 Å². The van der Waals surface area contributed by atoms with Crippen molar-refractivity contribution in [2.45, 2.75) is 6.92 Å². The fraction of sp³-hybridized carbons (Fsp3) is 0.100. The average Bonchev–Trinajstić information content (AvgIpc) is 2.19. The van der Waals surface area contributed by atoms with E-state index in [0.29, 0.717) is 0 Å². The zero-order valence-electron chi connectivity index (χ0n) is 7.69. The molecule has 0 aliphatic carbocycles. The Kier molecular flexibility index (Phi) is 2.10. The van der Waals surface area contributed by atoms with Crippen LogP contribution in [0.15, 0.2) is 35.5 Å². The maximum Gasteiger partial charge on any atom is 0.248 e. The largest absolute Gasteiger partial charge is 0.329 e. The molecule has 0 saturated carbocycles. The number of nitrogens with one attached hydrogen (secondary N) is 1. The van der Waals surface area contributed by atoms with Gasteiger partial charge < -0.3 is 4.98 Å². The number of pyridine rings is 1. The Morgan fingerprint density at radius 3 is 2.57 bits per heavy atom. The highest BCUT2D eigenvalue weighted by atomic mass is 16.1. The van der Waals surface area contributed by atoms with Crippen molar-refractivity contribution in [3.8, 4) is 11.1 Å². The summed E-state index contributed by atoms with van der Waals surface area (Å²) in [5, 5.41) is 0. The minimum absolute atomic E-state index is 0.122. The molecular weight excluding hydrogens is 178 g/mol. The fourth-order valence-electron chi connectivity index (χ4n) is 1.17. The van der Waals surface area contributed by atoms with Gasteiger partial charge in [0.1, 0.15) is 5.82 Å². The molecule has 1 N–H and O–H groups in total. The molecule has 0 amide bonds. The lowest BCUT2D eigenvalue weighted by Crippen LogP contribution is -2.02. The molecule has 2 aromatic heterocycles. The third-order valence-corrected chi connectivity index (χ3v) is 1.89. The van der Waals surface area contributed by atoms with Crippen LogP contribution in [0.5, 0.6) is 0 Å². The average molecular weight is 187 g/mol. The topological polar surface area (TPSA) is 58.6 Å². The maximum absolute atomic E-state index is 11.0. The van der Waals surface area contributed by atoms with Gasteiger partial charge in [-0.2, -0.15) is 0 Å². The zero-order valence-corrected chi connectivity index (χ0v) is 7.69. The molecule has 0 radical (unpaired) electrons. The van der Waals surface area contributed by atoms with Crippen molar-refractivity contribution < 1.29 is 0 Å². The first kappa shape index (κ1) is 8.62. The molecule has 0 saturated heterocycles. The highest BCUT2D eigenvalue weighted by molar-refractivity contribution is 5.60. The first-order valence-corrected chi connectivity index (χ1v) is 4.23. The van der Waals surface area contributed by atoms with Crippen LogP contribution in [0.3, 0.4) is 0 Å². The van der Waals surface area contributed by atoms with Gasteiger partial charge in [0.2, 0.25) is 5.56 Å². The molecule has 0 aliphatic rings. The molecule has 70 valence electrons. The predicted molar refractivity (Wildman–Crippen MR) is 52.8 cm³/mol. The molecule has 0 aromatic carbocycles. The standard InChI is InChI=1S/C10H9N3O/c1-7-12-5-9(6-13-7)8-2-3-11-10(14)4-8/h2-6H,1H3,(H,11,14). The molecule has 2 rings (SSSR count). The summed E-state index contributed by atoms with van der Waals surface area (Å²) in [6.45, 7) is 1.82. The first-order valence-electron chi connectivity index (χ1n) is 4.23. The van der Waals surface area contributed by atoms with Crippen molar-refractivity contribution in [3.05, 3.63) is 46.9 Å². The summed E-state index contributed by atoms with van der Waals surface area (Å²) < 4.78 is 0. The molecular formula is C10H9N3O. The highest BCUT2D eigenvalue weighted by Crippen LogP contribution is 2.13. The number of aryl methyl sites for hydroxylation is 1. The van der Waals surface area contributed by atoms with Gasteiger partial charge in [0, 0.05) is 30.2 Å². The van der Waals surface area contributed by atoms with Gasteiger partial charge in [0.05, 0.1) is 0 Å². The van der Waals surface area contributed by atoms with Crippen molar-refractivity contribution in [3.63, 3.8) is 0 Å². The van der Waals surface area contributed by atoms with Crippen LogP contribution in [-0.4, -0.2) is 15.0 Å². The van der Waals surface area contributed by atoms with E-state index in [2.05, 4.69) is 15.0 Å². The van der Waals surface area contributed by atoms with Crippen LogP contribution in [0.2, 0.25) is 0 Å². The fourth-order valence-corrected chi connectivity index (χ4v) is 1.17. The van der Waals surface area contributed by atoms with Crippen molar-refractivity contribution in [2.75, 3.05) is 0 Å². The van der Waals surface area contributed by atoms with Crippen molar-refractivity contribution in [2.24, 2.45) is 0 Å². The summed E-state index contributed by atoms with van der Waals surface area (Å²) in [6, 6.07) is 3.34. The second-order valence-corrected chi connectivity index (χ2v) is 2.96. The van der Waals surface area contributed by atoms with E-state index >= 15 is 0 Å². The van der Waals surface area contributed by atoms with Crippen LogP contribution in [0, 0.1) is 6.92 Å². The zero-order chi connectivity index (χ0) is 9.97. The second kappa shape index (κ2) is 3.41. The van der Waals surface area contributed by atoms with Gasteiger partial charge in [-0.1, -0.05) is 0 Å². The van der Waals surface area contributed by atoms with Crippen molar-refractivity contribution in [1.29, 1.82) is 0 Å². The minimum Gasteiger partial charge on any atom is -0.329 e. The number of hydrogen-bond acceptors (Lipinski definition) is 3. The lowest BCUT2D eigenvalue weighted by molar-refractivity contribution is 1.05. The van der Waals surface area contributed by atoms with Crippen LogP contribution in [0.25, 0.3) is 11.1 Å². The quantitative estimate of drug-likeness (QED) is 0.728. The van der Waals surface area contributed by atoms with Crippen LogP contribution < -0.4 is 5.56 Å². The third kappa shape index (κ3) is 1.69. The Morgan fingerprint density at radius 1 is 1.21 bits per heavy atom. The van der Waals surface area contributed by atoms with Gasteiger partial charge >= 0.3 is 0 Å². The Hall–Kier alpha value is -1.97. The smallest absolute Gasteiger partial charge is 0.248 e. The number of H-pyrrole nitrogens is 1. The van der Waals surface area contributed by atoms with Crippen molar-refractivity contribution in [1.82, 2.24) is 15.0 Å².